The monoisotopic (exact) mass is 980 g/mol. The van der Waals surface area contributed by atoms with Gasteiger partial charge >= 0.3 is 0 Å². The lowest BCUT2D eigenvalue weighted by Gasteiger charge is -2.20. The van der Waals surface area contributed by atoms with Crippen molar-refractivity contribution in [1.82, 2.24) is 39.9 Å². The first-order valence-corrected chi connectivity index (χ1v) is 25.7. The quantitative estimate of drug-likeness (QED) is 0.153. The molecule has 0 unspecified atom stereocenters. The highest BCUT2D eigenvalue weighted by atomic mass is 35.5. The minimum absolute atomic E-state index is 0.434. The summed E-state index contributed by atoms with van der Waals surface area (Å²) < 4.78 is 0. The van der Waals surface area contributed by atoms with Crippen molar-refractivity contribution < 1.29 is 0 Å². The smallest absolute Gasteiger partial charge is 0.166 e. The number of hydrogen-bond acceptors (Lipinski definition) is 10. The SMILES string of the molecule is Clc1cccc2c1-c1nc-2nc2[nH]c(nc3nc(nc4[nH]c(n1)c1c(Sc5ccccc5)c(Sc5ccccc5)c(Sc5ccccc5)c(Sc5ccccc5)c41)-c1ccccc1-3)c1ccccc21. The van der Waals surface area contributed by atoms with E-state index in [1.165, 1.54) is 0 Å². The van der Waals surface area contributed by atoms with Crippen molar-refractivity contribution in [2.75, 3.05) is 0 Å². The molecule has 0 saturated carbocycles. The normalized spacial score (nSPS) is 11.8. The van der Waals surface area contributed by atoms with Crippen molar-refractivity contribution in [1.29, 1.82) is 0 Å². The van der Waals surface area contributed by atoms with E-state index in [1.54, 1.807) is 47.0 Å². The van der Waals surface area contributed by atoms with Gasteiger partial charge in [0.05, 0.1) is 5.02 Å². The summed E-state index contributed by atoms with van der Waals surface area (Å²) in [5, 5.41) is 4.12. The van der Waals surface area contributed by atoms with Crippen LogP contribution < -0.4 is 0 Å². The summed E-state index contributed by atoms with van der Waals surface area (Å²) in [5.74, 6) is 1.99. The van der Waals surface area contributed by atoms with Gasteiger partial charge in [-0.2, -0.15) is 0 Å². The number of H-pyrrole nitrogens is 2. The average Bonchev–Trinajstić information content (AvgIpc) is 4.13. The van der Waals surface area contributed by atoms with Crippen molar-refractivity contribution >= 4 is 103 Å². The Hall–Kier alpha value is -7.19. The lowest BCUT2D eigenvalue weighted by molar-refractivity contribution is 1.07. The maximum absolute atomic E-state index is 7.18. The summed E-state index contributed by atoms with van der Waals surface area (Å²) in [6.07, 6.45) is 0. The van der Waals surface area contributed by atoms with Crippen LogP contribution in [-0.4, -0.2) is 39.9 Å². The van der Waals surface area contributed by atoms with Gasteiger partial charge in [0.15, 0.2) is 23.3 Å². The summed E-state index contributed by atoms with van der Waals surface area (Å²) in [5.41, 5.74) is 5.65. The zero-order chi connectivity index (χ0) is 45.8. The van der Waals surface area contributed by atoms with Gasteiger partial charge in [-0.05, 0) is 54.6 Å². The lowest BCUT2D eigenvalue weighted by Crippen LogP contribution is -1.93. The van der Waals surface area contributed by atoms with E-state index in [2.05, 4.69) is 137 Å². The molecule has 13 heteroatoms. The van der Waals surface area contributed by atoms with Gasteiger partial charge in [-0.1, -0.05) is 192 Å². The number of hydrogen-bond donors (Lipinski definition) is 2. The molecule has 69 heavy (non-hydrogen) atoms. The van der Waals surface area contributed by atoms with Gasteiger partial charge in [0.1, 0.15) is 22.6 Å². The summed E-state index contributed by atoms with van der Waals surface area (Å²) in [7, 11) is 0. The second-order valence-corrected chi connectivity index (χ2v) is 20.8. The summed E-state index contributed by atoms with van der Waals surface area (Å²) >= 11 is 14.1. The van der Waals surface area contributed by atoms with Crippen LogP contribution in [0.3, 0.4) is 0 Å². The van der Waals surface area contributed by atoms with Gasteiger partial charge in [-0.15, -0.1) is 0 Å². The lowest BCUT2D eigenvalue weighted by atomic mass is 10.1. The van der Waals surface area contributed by atoms with Crippen molar-refractivity contribution in [2.45, 2.75) is 39.2 Å². The maximum atomic E-state index is 7.18. The molecule has 328 valence electrons. The first-order valence-electron chi connectivity index (χ1n) is 22.0. The molecule has 2 N–H and O–H groups in total. The second kappa shape index (κ2) is 17.7. The average molecular weight is 982 g/mol. The van der Waals surface area contributed by atoms with Gasteiger partial charge < -0.3 is 9.97 Å². The minimum atomic E-state index is 0.434. The molecule has 0 saturated heterocycles. The highest BCUT2D eigenvalue weighted by Gasteiger charge is 2.30. The molecule has 0 aliphatic carbocycles. The molecule has 0 spiro atoms. The maximum Gasteiger partial charge on any atom is 0.166 e. The number of nitrogens with zero attached hydrogens (tertiary/aromatic N) is 6. The molecule has 2 aliphatic heterocycles. The van der Waals surface area contributed by atoms with Crippen LogP contribution in [-0.2, 0) is 0 Å². The van der Waals surface area contributed by atoms with Crippen LogP contribution in [0.2, 0.25) is 5.02 Å². The van der Waals surface area contributed by atoms with Gasteiger partial charge in [-0.3, -0.25) is 0 Å². The first-order chi connectivity index (χ1) is 34.1. The Morgan fingerprint density at radius 3 is 1.13 bits per heavy atom. The highest BCUT2D eigenvalue weighted by molar-refractivity contribution is 8.05. The molecular weight excluding hydrogens is 948 g/mol. The molecule has 3 aromatic heterocycles. The number of aromatic nitrogens is 8. The fourth-order valence-electron chi connectivity index (χ4n) is 8.65. The van der Waals surface area contributed by atoms with E-state index in [1.807, 2.05) is 60.7 Å². The number of nitrogens with one attached hydrogen (secondary N) is 2. The van der Waals surface area contributed by atoms with E-state index in [-0.39, 0.29) is 0 Å². The zero-order valence-corrected chi connectivity index (χ0v) is 40.1. The van der Waals surface area contributed by atoms with Gasteiger partial charge in [0, 0.05) is 83.0 Å². The van der Waals surface area contributed by atoms with Crippen LogP contribution in [0.15, 0.2) is 227 Å². The molecule has 11 aromatic rings. The van der Waals surface area contributed by atoms with E-state index < -0.39 is 0 Å². The van der Waals surface area contributed by atoms with Crippen LogP contribution in [0.4, 0.5) is 0 Å². The minimum Gasteiger partial charge on any atom is -0.324 e. The van der Waals surface area contributed by atoms with E-state index in [9.17, 15) is 0 Å². The van der Waals surface area contributed by atoms with E-state index in [0.29, 0.717) is 56.5 Å². The zero-order valence-electron chi connectivity index (χ0n) is 36.1. The summed E-state index contributed by atoms with van der Waals surface area (Å²) in [4.78, 5) is 48.0. The summed E-state index contributed by atoms with van der Waals surface area (Å²) in [6.45, 7) is 0. The standard InChI is InChI=1S/C56H33ClN8S4/c57-41-31-17-30-40-42(41)54-63-53(40)61-51-37-27-14-13-26-36(37)49(59-51)58-50-38-28-15-16-29-39(38)52(60-50)62-55-43-44(56(64-54)65-55)46(67-33-20-7-2-8-21-33)48(69-35-24-11-4-12-25-35)47(68-34-22-9-3-10-23-34)45(43)66-32-18-5-1-6-19-32/h1-31H,(H2,58,59,60,61,62,63,64,65). The van der Waals surface area contributed by atoms with Gasteiger partial charge in [0.25, 0.3) is 0 Å². The number of benzene rings is 8. The predicted molar refractivity (Wildman–Crippen MR) is 283 cm³/mol. The van der Waals surface area contributed by atoms with Gasteiger partial charge in [0.2, 0.25) is 0 Å². The Morgan fingerprint density at radius 1 is 0.304 bits per heavy atom. The van der Waals surface area contributed by atoms with E-state index in [4.69, 9.17) is 41.5 Å². The van der Waals surface area contributed by atoms with Crippen LogP contribution in [0.25, 0.3) is 89.7 Å². The molecule has 5 heterocycles. The topological polar surface area (TPSA) is 109 Å². The molecule has 8 nitrogen and oxygen atoms in total. The largest absolute Gasteiger partial charge is 0.324 e. The molecule has 0 atom stereocenters. The molecule has 13 rings (SSSR count). The van der Waals surface area contributed by atoms with Gasteiger partial charge in [-0.25, -0.2) is 29.9 Å². The Labute approximate surface area is 417 Å². The van der Waals surface area contributed by atoms with Crippen LogP contribution in [0, 0.1) is 0 Å². The van der Waals surface area contributed by atoms with E-state index in [0.717, 1.165) is 77.4 Å². The van der Waals surface area contributed by atoms with Crippen molar-refractivity contribution in [3.8, 4) is 45.6 Å². The fourth-order valence-corrected chi connectivity index (χ4v) is 13.7. The molecule has 0 fully saturated rings. The molecule has 0 radical (unpaired) electrons. The Bertz CT molecular complexity index is 3980. The molecular formula is C56H33ClN8S4. The number of halogens is 1. The third-order valence-corrected chi connectivity index (χ3v) is 16.9. The Balaban J connectivity index is 1.25. The third kappa shape index (κ3) is 7.74. The van der Waals surface area contributed by atoms with Crippen LogP contribution in [0.1, 0.15) is 0 Å². The number of fused-ring (bicyclic) bond motifs is 20. The number of rotatable bonds is 8. The second-order valence-electron chi connectivity index (χ2n) is 16.1. The van der Waals surface area contributed by atoms with Crippen molar-refractivity contribution in [3.63, 3.8) is 0 Å². The Kier molecular flexibility index (Phi) is 10.8. The van der Waals surface area contributed by atoms with E-state index >= 15 is 0 Å². The molecule has 8 bridgehead atoms. The predicted octanol–water partition coefficient (Wildman–Crippen LogP) is 16.1. The van der Waals surface area contributed by atoms with Crippen LogP contribution >= 0.6 is 58.6 Å². The van der Waals surface area contributed by atoms with Crippen LogP contribution in [0.5, 0.6) is 0 Å². The fraction of sp³-hybridized carbons (Fsp3) is 0. The third-order valence-electron chi connectivity index (χ3n) is 11.7. The Morgan fingerprint density at radius 2 is 0.652 bits per heavy atom. The highest BCUT2D eigenvalue weighted by Crippen LogP contribution is 2.56. The summed E-state index contributed by atoms with van der Waals surface area (Å²) in [6, 6.07) is 64.2. The number of aromatic amines is 2. The molecule has 8 aromatic carbocycles. The molecule has 2 aliphatic rings. The van der Waals surface area contributed by atoms with Crippen molar-refractivity contribution in [3.05, 3.63) is 193 Å². The molecule has 0 amide bonds. The van der Waals surface area contributed by atoms with Crippen molar-refractivity contribution in [2.24, 2.45) is 0 Å². The first kappa shape index (κ1) is 42.0.